The third-order valence-corrected chi connectivity index (χ3v) is 6.17. The van der Waals surface area contributed by atoms with Crippen molar-refractivity contribution in [3.63, 3.8) is 0 Å². The Morgan fingerprint density at radius 3 is 2.55 bits per heavy atom. The van der Waals surface area contributed by atoms with E-state index in [1.807, 2.05) is 30.3 Å². The summed E-state index contributed by atoms with van der Waals surface area (Å²) >= 11 is 0. The number of amides is 1. The van der Waals surface area contributed by atoms with Gasteiger partial charge in [0.25, 0.3) is 0 Å². The molecule has 156 valence electrons. The summed E-state index contributed by atoms with van der Waals surface area (Å²) in [6.45, 7) is 8.67. The normalized spacial score (nSPS) is 15.9. The van der Waals surface area contributed by atoms with Gasteiger partial charge >= 0.3 is 0 Å². The molecular formula is C25H35N3O. The van der Waals surface area contributed by atoms with E-state index in [-0.39, 0.29) is 11.9 Å². The van der Waals surface area contributed by atoms with Crippen LogP contribution in [0.2, 0.25) is 0 Å². The Hall–Kier alpha value is -2.20. The van der Waals surface area contributed by atoms with Crippen LogP contribution in [0.4, 0.5) is 0 Å². The van der Waals surface area contributed by atoms with Crippen LogP contribution < -0.4 is 0 Å². The molecule has 1 unspecified atom stereocenters. The Kier molecular flexibility index (Phi) is 7.82. The third-order valence-electron chi connectivity index (χ3n) is 6.17. The molecule has 0 saturated carbocycles. The zero-order valence-electron chi connectivity index (χ0n) is 18.0. The number of nitrogens with zero attached hydrogens (tertiary/aromatic N) is 2. The maximum Gasteiger partial charge on any atom is 0.227 e. The summed E-state index contributed by atoms with van der Waals surface area (Å²) in [7, 11) is 0. The Balaban J connectivity index is 1.70. The highest BCUT2D eigenvalue weighted by Crippen LogP contribution is 2.23. The van der Waals surface area contributed by atoms with Gasteiger partial charge in [0.2, 0.25) is 5.91 Å². The van der Waals surface area contributed by atoms with E-state index in [0.717, 1.165) is 47.8 Å². The summed E-state index contributed by atoms with van der Waals surface area (Å²) in [6.07, 6.45) is 7.81. The van der Waals surface area contributed by atoms with Crippen molar-refractivity contribution >= 4 is 22.9 Å². The van der Waals surface area contributed by atoms with Crippen molar-refractivity contribution in [2.75, 3.05) is 26.2 Å². The zero-order valence-corrected chi connectivity index (χ0v) is 18.0. The first-order chi connectivity index (χ1) is 14.1. The van der Waals surface area contributed by atoms with Gasteiger partial charge in [-0.15, -0.1) is 0 Å². The first kappa shape index (κ1) is 21.5. The van der Waals surface area contributed by atoms with Gasteiger partial charge in [-0.25, -0.2) is 0 Å². The van der Waals surface area contributed by atoms with Crippen molar-refractivity contribution < 1.29 is 4.79 Å². The molecule has 0 aromatic heterocycles. The number of carbonyl (C=O) groups is 1. The van der Waals surface area contributed by atoms with E-state index in [4.69, 9.17) is 5.41 Å². The Morgan fingerprint density at radius 2 is 1.86 bits per heavy atom. The van der Waals surface area contributed by atoms with Crippen molar-refractivity contribution in [2.45, 2.75) is 58.4 Å². The molecule has 0 radical (unpaired) electrons. The van der Waals surface area contributed by atoms with Crippen molar-refractivity contribution in [2.24, 2.45) is 0 Å². The number of fused-ring (bicyclic) bond motifs is 1. The predicted octanol–water partition coefficient (Wildman–Crippen LogP) is 4.88. The quantitative estimate of drug-likeness (QED) is 0.617. The fraction of sp³-hybridized carbons (Fsp3) is 0.520. The highest BCUT2D eigenvalue weighted by atomic mass is 16.2. The molecule has 2 aromatic rings. The summed E-state index contributed by atoms with van der Waals surface area (Å²) < 4.78 is 0. The molecule has 1 N–H and O–H groups in total. The van der Waals surface area contributed by atoms with Gasteiger partial charge in [0, 0.05) is 25.3 Å². The van der Waals surface area contributed by atoms with Gasteiger partial charge in [0.1, 0.15) is 0 Å². The Morgan fingerprint density at radius 1 is 1.14 bits per heavy atom. The van der Waals surface area contributed by atoms with Gasteiger partial charge in [0.05, 0.1) is 6.42 Å². The smallest absolute Gasteiger partial charge is 0.227 e. The van der Waals surface area contributed by atoms with E-state index in [9.17, 15) is 4.79 Å². The van der Waals surface area contributed by atoms with Crippen LogP contribution in [0.1, 0.15) is 57.1 Å². The fourth-order valence-corrected chi connectivity index (χ4v) is 4.47. The average Bonchev–Trinajstić information content (AvgIpc) is 2.76. The second-order valence-electron chi connectivity index (χ2n) is 8.31. The van der Waals surface area contributed by atoms with Crippen molar-refractivity contribution in [3.05, 3.63) is 47.5 Å². The monoisotopic (exact) mass is 393 g/mol. The SMILES string of the molecule is CCCN(C(=O)Cc1ccc(C=N)c2ccccc12)C(C)CCN1CCCCC1. The first-order valence-electron chi connectivity index (χ1n) is 11.2. The zero-order chi connectivity index (χ0) is 20.6. The molecule has 4 heteroatoms. The third kappa shape index (κ3) is 5.45. The first-order valence-corrected chi connectivity index (χ1v) is 11.2. The molecule has 0 bridgehead atoms. The number of benzene rings is 2. The van der Waals surface area contributed by atoms with Crippen molar-refractivity contribution in [1.82, 2.24) is 9.80 Å². The van der Waals surface area contributed by atoms with Crippen LogP contribution >= 0.6 is 0 Å². The maximum absolute atomic E-state index is 13.3. The summed E-state index contributed by atoms with van der Waals surface area (Å²) in [4.78, 5) is 17.9. The standard InChI is InChI=1S/C25H35N3O/c1-3-14-28(20(2)13-17-27-15-7-4-8-16-27)25(29)18-21-11-12-22(19-26)24-10-6-5-9-23(21)24/h5-6,9-12,19-20,26H,3-4,7-8,13-18H2,1-2H3. The molecule has 1 aliphatic rings. The summed E-state index contributed by atoms with van der Waals surface area (Å²) in [6, 6.07) is 12.3. The lowest BCUT2D eigenvalue weighted by Crippen LogP contribution is -2.42. The molecule has 0 spiro atoms. The topological polar surface area (TPSA) is 47.4 Å². The van der Waals surface area contributed by atoms with Crippen LogP contribution in [0.3, 0.4) is 0 Å². The summed E-state index contributed by atoms with van der Waals surface area (Å²) in [5, 5.41) is 9.78. The molecule has 1 saturated heterocycles. The maximum atomic E-state index is 13.3. The van der Waals surface area contributed by atoms with Gasteiger partial charge in [0.15, 0.2) is 0 Å². The number of carbonyl (C=O) groups excluding carboxylic acids is 1. The Labute approximate surface area is 175 Å². The molecule has 1 amide bonds. The summed E-state index contributed by atoms with van der Waals surface area (Å²) in [5.41, 5.74) is 1.96. The van der Waals surface area contributed by atoms with E-state index >= 15 is 0 Å². The van der Waals surface area contributed by atoms with E-state index < -0.39 is 0 Å². The highest BCUT2D eigenvalue weighted by molar-refractivity contribution is 6.01. The lowest BCUT2D eigenvalue weighted by molar-refractivity contribution is -0.132. The molecular weight excluding hydrogens is 358 g/mol. The lowest BCUT2D eigenvalue weighted by atomic mass is 9.97. The molecule has 1 heterocycles. The van der Waals surface area contributed by atoms with Gasteiger partial charge in [-0.05, 0) is 67.6 Å². The van der Waals surface area contributed by atoms with E-state index in [0.29, 0.717) is 6.42 Å². The van der Waals surface area contributed by atoms with Gasteiger partial charge in [-0.1, -0.05) is 49.7 Å². The second-order valence-corrected chi connectivity index (χ2v) is 8.31. The molecule has 2 aromatic carbocycles. The van der Waals surface area contributed by atoms with Crippen LogP contribution in [0.25, 0.3) is 10.8 Å². The van der Waals surface area contributed by atoms with Crippen LogP contribution in [0, 0.1) is 5.41 Å². The predicted molar refractivity (Wildman–Crippen MR) is 122 cm³/mol. The van der Waals surface area contributed by atoms with Gasteiger partial charge < -0.3 is 15.2 Å². The van der Waals surface area contributed by atoms with Crippen LogP contribution in [-0.2, 0) is 11.2 Å². The minimum atomic E-state index is 0.214. The second kappa shape index (κ2) is 10.5. The minimum absolute atomic E-state index is 0.214. The van der Waals surface area contributed by atoms with Crippen molar-refractivity contribution in [1.29, 1.82) is 5.41 Å². The molecule has 1 fully saturated rings. The number of hydrogen-bond acceptors (Lipinski definition) is 3. The molecule has 1 atom stereocenters. The average molecular weight is 394 g/mol. The van der Waals surface area contributed by atoms with Crippen LogP contribution in [-0.4, -0.2) is 54.1 Å². The minimum Gasteiger partial charge on any atom is -0.340 e. The number of hydrogen-bond donors (Lipinski definition) is 1. The van der Waals surface area contributed by atoms with Gasteiger partial charge in [-0.3, -0.25) is 4.79 Å². The highest BCUT2D eigenvalue weighted by Gasteiger charge is 2.21. The fourth-order valence-electron chi connectivity index (χ4n) is 4.47. The number of piperidine rings is 1. The molecule has 1 aliphatic heterocycles. The van der Waals surface area contributed by atoms with Gasteiger partial charge in [-0.2, -0.15) is 0 Å². The van der Waals surface area contributed by atoms with Crippen LogP contribution in [0.15, 0.2) is 36.4 Å². The molecule has 3 rings (SSSR count). The number of nitrogens with one attached hydrogen (secondary N) is 1. The Bertz CT molecular complexity index is 826. The largest absolute Gasteiger partial charge is 0.340 e. The number of likely N-dealkylation sites (tertiary alicyclic amines) is 1. The van der Waals surface area contributed by atoms with E-state index in [1.54, 1.807) is 0 Å². The van der Waals surface area contributed by atoms with E-state index in [1.165, 1.54) is 38.6 Å². The molecule has 29 heavy (non-hydrogen) atoms. The summed E-state index contributed by atoms with van der Waals surface area (Å²) in [5.74, 6) is 0.214. The molecule has 4 nitrogen and oxygen atoms in total. The molecule has 0 aliphatic carbocycles. The number of rotatable bonds is 9. The lowest BCUT2D eigenvalue weighted by Gasteiger charge is -2.32. The van der Waals surface area contributed by atoms with E-state index in [2.05, 4.69) is 29.7 Å². The van der Waals surface area contributed by atoms with Crippen LogP contribution in [0.5, 0.6) is 0 Å². The van der Waals surface area contributed by atoms with Crippen molar-refractivity contribution in [3.8, 4) is 0 Å².